The third-order valence-corrected chi connectivity index (χ3v) is 4.28. The Kier molecular flexibility index (Phi) is 3.88. The van der Waals surface area contributed by atoms with Gasteiger partial charge in [-0.15, -0.1) is 11.6 Å². The first-order valence-electron chi connectivity index (χ1n) is 7.43. The van der Waals surface area contributed by atoms with Crippen molar-refractivity contribution in [3.8, 4) is 5.75 Å². The van der Waals surface area contributed by atoms with Gasteiger partial charge in [-0.3, -0.25) is 0 Å². The van der Waals surface area contributed by atoms with Crippen LogP contribution in [0, 0.1) is 5.92 Å². The van der Waals surface area contributed by atoms with Gasteiger partial charge in [0.05, 0.1) is 12.1 Å². The molecule has 20 heavy (non-hydrogen) atoms. The Morgan fingerprint density at radius 2 is 2.20 bits per heavy atom. The van der Waals surface area contributed by atoms with E-state index < -0.39 is 0 Å². The molecule has 1 fully saturated rings. The second kappa shape index (κ2) is 5.65. The number of hydrogen-bond acceptors (Lipinski definition) is 2. The molecular weight excluding hydrogens is 272 g/mol. The summed E-state index contributed by atoms with van der Waals surface area (Å²) in [7, 11) is 0. The van der Waals surface area contributed by atoms with Crippen molar-refractivity contribution in [3.05, 3.63) is 24.0 Å². The maximum atomic E-state index is 5.95. The van der Waals surface area contributed by atoms with Crippen LogP contribution in [0.15, 0.2) is 18.2 Å². The van der Waals surface area contributed by atoms with Crippen LogP contribution in [0.25, 0.3) is 11.0 Å². The van der Waals surface area contributed by atoms with Crippen LogP contribution in [-0.2, 0) is 6.42 Å². The van der Waals surface area contributed by atoms with Crippen LogP contribution in [0.4, 0.5) is 0 Å². The molecule has 0 atom stereocenters. The molecule has 3 nitrogen and oxygen atoms in total. The largest absolute Gasteiger partial charge is 0.492 e. The minimum atomic E-state index is 0.574. The fraction of sp³-hybridized carbons (Fsp3) is 0.562. The van der Waals surface area contributed by atoms with E-state index in [2.05, 4.69) is 23.6 Å². The summed E-state index contributed by atoms with van der Waals surface area (Å²) >= 11 is 5.95. The van der Waals surface area contributed by atoms with Gasteiger partial charge in [0.2, 0.25) is 0 Å². The van der Waals surface area contributed by atoms with Crippen molar-refractivity contribution >= 4 is 22.6 Å². The van der Waals surface area contributed by atoms with Gasteiger partial charge >= 0.3 is 0 Å². The predicted molar refractivity (Wildman–Crippen MR) is 82.8 cm³/mol. The van der Waals surface area contributed by atoms with Crippen LogP contribution in [0.5, 0.6) is 5.75 Å². The molecule has 1 aromatic heterocycles. The molecule has 1 heterocycles. The molecule has 0 saturated heterocycles. The number of fused-ring (bicyclic) bond motifs is 1. The molecule has 0 radical (unpaired) electrons. The van der Waals surface area contributed by atoms with Crippen molar-refractivity contribution in [3.63, 3.8) is 0 Å². The number of para-hydroxylation sites is 1. The highest BCUT2D eigenvalue weighted by Crippen LogP contribution is 2.41. The highest BCUT2D eigenvalue weighted by atomic mass is 35.5. The molecule has 2 aromatic rings. The highest BCUT2D eigenvalue weighted by Gasteiger charge is 2.30. The van der Waals surface area contributed by atoms with Gasteiger partial charge in [0.15, 0.2) is 0 Å². The summed E-state index contributed by atoms with van der Waals surface area (Å²) in [5, 5.41) is 0. The van der Waals surface area contributed by atoms with E-state index in [0.717, 1.165) is 29.4 Å². The average molecular weight is 293 g/mol. The molecule has 0 spiro atoms. The molecule has 108 valence electrons. The van der Waals surface area contributed by atoms with E-state index in [-0.39, 0.29) is 0 Å². The van der Waals surface area contributed by atoms with E-state index in [9.17, 15) is 0 Å². The SMILES string of the molecule is CCOc1cccc2c1nc(CCCl)n2C1CC(C)C1. The third kappa shape index (κ3) is 2.28. The first-order valence-corrected chi connectivity index (χ1v) is 7.96. The number of aryl methyl sites for hydroxylation is 1. The van der Waals surface area contributed by atoms with Gasteiger partial charge < -0.3 is 9.30 Å². The van der Waals surface area contributed by atoms with Crippen LogP contribution in [0.2, 0.25) is 0 Å². The molecule has 0 bridgehead atoms. The van der Waals surface area contributed by atoms with E-state index in [4.69, 9.17) is 21.3 Å². The normalized spacial score (nSPS) is 21.9. The van der Waals surface area contributed by atoms with Gasteiger partial charge in [-0.25, -0.2) is 4.98 Å². The van der Waals surface area contributed by atoms with Crippen molar-refractivity contribution in [2.24, 2.45) is 5.92 Å². The number of benzene rings is 1. The van der Waals surface area contributed by atoms with Crippen molar-refractivity contribution in [2.45, 2.75) is 39.2 Å². The summed E-state index contributed by atoms with van der Waals surface area (Å²) in [4.78, 5) is 4.80. The average Bonchev–Trinajstić information content (AvgIpc) is 2.75. The maximum Gasteiger partial charge on any atom is 0.147 e. The Morgan fingerprint density at radius 3 is 2.85 bits per heavy atom. The number of nitrogens with zero attached hydrogens (tertiary/aromatic N) is 2. The van der Waals surface area contributed by atoms with Crippen molar-refractivity contribution in [1.29, 1.82) is 0 Å². The lowest BCUT2D eigenvalue weighted by atomic mass is 9.81. The number of hydrogen-bond donors (Lipinski definition) is 0. The molecule has 3 rings (SSSR count). The smallest absolute Gasteiger partial charge is 0.147 e. The number of imidazole rings is 1. The summed E-state index contributed by atoms with van der Waals surface area (Å²) in [6, 6.07) is 6.77. The molecule has 1 aromatic carbocycles. The van der Waals surface area contributed by atoms with Gasteiger partial charge in [0.25, 0.3) is 0 Å². The Bertz CT molecular complexity index is 602. The summed E-state index contributed by atoms with van der Waals surface area (Å²) in [6.07, 6.45) is 3.28. The summed E-state index contributed by atoms with van der Waals surface area (Å²) in [6.45, 7) is 4.98. The zero-order valence-corrected chi connectivity index (χ0v) is 12.9. The van der Waals surface area contributed by atoms with Crippen molar-refractivity contribution in [2.75, 3.05) is 12.5 Å². The first-order chi connectivity index (χ1) is 9.74. The minimum Gasteiger partial charge on any atom is -0.492 e. The molecule has 1 aliphatic carbocycles. The number of rotatable bonds is 5. The molecule has 4 heteroatoms. The number of alkyl halides is 1. The van der Waals surface area contributed by atoms with Crippen LogP contribution in [0.1, 0.15) is 38.6 Å². The second-order valence-electron chi connectivity index (χ2n) is 5.62. The molecule has 0 N–H and O–H groups in total. The summed E-state index contributed by atoms with van der Waals surface area (Å²) in [5.41, 5.74) is 2.17. The van der Waals surface area contributed by atoms with Gasteiger partial charge in [-0.1, -0.05) is 13.0 Å². The lowest BCUT2D eigenvalue weighted by Crippen LogP contribution is -2.26. The third-order valence-electron chi connectivity index (χ3n) is 4.09. The van der Waals surface area contributed by atoms with Gasteiger partial charge in [-0.05, 0) is 37.8 Å². The summed E-state index contributed by atoms with van der Waals surface area (Å²) < 4.78 is 8.10. The lowest BCUT2D eigenvalue weighted by Gasteiger charge is -2.35. The second-order valence-corrected chi connectivity index (χ2v) is 6.00. The lowest BCUT2D eigenvalue weighted by molar-refractivity contribution is 0.217. The Hall–Kier alpha value is -1.22. The monoisotopic (exact) mass is 292 g/mol. The van der Waals surface area contributed by atoms with Gasteiger partial charge in [-0.2, -0.15) is 0 Å². The molecule has 1 aliphatic rings. The minimum absolute atomic E-state index is 0.574. The van der Waals surface area contributed by atoms with Crippen molar-refractivity contribution in [1.82, 2.24) is 9.55 Å². The van der Waals surface area contributed by atoms with Gasteiger partial charge in [0, 0.05) is 18.3 Å². The fourth-order valence-corrected chi connectivity index (χ4v) is 3.32. The van der Waals surface area contributed by atoms with Crippen LogP contribution in [0.3, 0.4) is 0 Å². The molecule has 0 unspecified atom stereocenters. The molecule has 0 aliphatic heterocycles. The predicted octanol–water partition coefficient (Wildman–Crippen LogP) is 4.19. The molecule has 1 saturated carbocycles. The zero-order valence-electron chi connectivity index (χ0n) is 12.1. The number of halogens is 1. The van der Waals surface area contributed by atoms with E-state index in [1.165, 1.54) is 18.4 Å². The molecule has 0 amide bonds. The van der Waals surface area contributed by atoms with E-state index in [1.54, 1.807) is 0 Å². The van der Waals surface area contributed by atoms with E-state index in [1.807, 2.05) is 13.0 Å². The van der Waals surface area contributed by atoms with E-state index in [0.29, 0.717) is 18.5 Å². The Labute approximate surface area is 124 Å². The van der Waals surface area contributed by atoms with E-state index >= 15 is 0 Å². The quantitative estimate of drug-likeness (QED) is 0.773. The number of aromatic nitrogens is 2. The zero-order chi connectivity index (χ0) is 14.1. The topological polar surface area (TPSA) is 27.1 Å². The van der Waals surface area contributed by atoms with Crippen LogP contribution < -0.4 is 4.74 Å². The van der Waals surface area contributed by atoms with Gasteiger partial charge in [0.1, 0.15) is 17.1 Å². The molecular formula is C16H21ClN2O. The highest BCUT2D eigenvalue weighted by molar-refractivity contribution is 6.17. The van der Waals surface area contributed by atoms with Crippen molar-refractivity contribution < 1.29 is 4.74 Å². The Balaban J connectivity index is 2.09. The van der Waals surface area contributed by atoms with Crippen LogP contribution >= 0.6 is 11.6 Å². The fourth-order valence-electron chi connectivity index (χ4n) is 3.15. The standard InChI is InChI=1S/C16H21ClN2O/c1-3-20-14-6-4-5-13-16(14)18-15(7-8-17)19(13)12-9-11(2)10-12/h4-6,11-12H,3,7-10H2,1-2H3. The van der Waals surface area contributed by atoms with Crippen LogP contribution in [-0.4, -0.2) is 22.0 Å². The maximum absolute atomic E-state index is 5.95. The summed E-state index contributed by atoms with van der Waals surface area (Å²) in [5.74, 6) is 3.40. The Morgan fingerprint density at radius 1 is 1.40 bits per heavy atom. The number of ether oxygens (including phenoxy) is 1. The first kappa shape index (κ1) is 13.7.